The second-order valence-electron chi connectivity index (χ2n) is 10.4. The molecule has 3 N–H and O–H groups in total. The minimum absolute atomic E-state index is 0.0755. The molecule has 1 aliphatic heterocycles. The van der Waals surface area contributed by atoms with Crippen LogP contribution in [-0.2, 0) is 9.53 Å². The molecular weight excluding hydrogens is 528 g/mol. The quantitative estimate of drug-likeness (QED) is 0.304. The summed E-state index contributed by atoms with van der Waals surface area (Å²) in [5.74, 6) is -1.13. The van der Waals surface area contributed by atoms with Crippen molar-refractivity contribution in [3.8, 4) is 5.88 Å². The highest BCUT2D eigenvalue weighted by atomic mass is 16.6. The van der Waals surface area contributed by atoms with Gasteiger partial charge < -0.3 is 19.7 Å². The lowest BCUT2D eigenvalue weighted by Crippen LogP contribution is -2.34. The summed E-state index contributed by atoms with van der Waals surface area (Å²) in [6.45, 7) is 7.18. The number of aliphatic hydroxyl groups is 2. The Bertz CT molecular complexity index is 1490. The molecule has 1 fully saturated rings. The van der Waals surface area contributed by atoms with Gasteiger partial charge in [0.25, 0.3) is 5.88 Å². The Kier molecular flexibility index (Phi) is 7.97. The zero-order valence-electron chi connectivity index (χ0n) is 23.1. The number of aromatic nitrogens is 4. The number of anilines is 3. The van der Waals surface area contributed by atoms with Crippen LogP contribution in [0, 0.1) is 11.8 Å². The molecule has 41 heavy (non-hydrogen) atoms. The van der Waals surface area contributed by atoms with Gasteiger partial charge in [-0.15, -0.1) is 0 Å². The average molecular weight is 561 g/mol. The van der Waals surface area contributed by atoms with Crippen LogP contribution in [0.4, 0.5) is 22.1 Å². The number of nitrogens with zero attached hydrogens (tertiary/aromatic N) is 5. The summed E-state index contributed by atoms with van der Waals surface area (Å²) in [5, 5.41) is 24.0. The molecule has 0 radical (unpaired) electrons. The number of nitrogens with one attached hydrogen (secondary N) is 1. The zero-order chi connectivity index (χ0) is 29.3. The molecule has 5 rings (SSSR count). The van der Waals surface area contributed by atoms with Crippen molar-refractivity contribution in [2.24, 2.45) is 11.8 Å². The van der Waals surface area contributed by atoms with Gasteiger partial charge in [0.05, 0.1) is 23.8 Å². The molecule has 2 amide bonds. The minimum Gasteiger partial charge on any atom is -0.388 e. The molecule has 4 atom stereocenters. The highest BCUT2D eigenvalue weighted by Crippen LogP contribution is 2.36. The third-order valence-electron chi connectivity index (χ3n) is 6.75. The second kappa shape index (κ2) is 11.6. The Morgan fingerprint density at radius 3 is 2.10 bits per heavy atom. The van der Waals surface area contributed by atoms with E-state index in [1.54, 1.807) is 62.4 Å². The molecule has 0 bridgehead atoms. The van der Waals surface area contributed by atoms with Gasteiger partial charge in [-0.2, -0.15) is 9.97 Å². The minimum atomic E-state index is -1.28. The molecule has 12 heteroatoms. The summed E-state index contributed by atoms with van der Waals surface area (Å²) >= 11 is 0. The maximum atomic E-state index is 13.7. The van der Waals surface area contributed by atoms with E-state index in [1.165, 1.54) is 15.8 Å². The molecule has 4 aromatic rings. The molecule has 214 valence electrons. The van der Waals surface area contributed by atoms with Crippen LogP contribution in [0.15, 0.2) is 67.0 Å². The van der Waals surface area contributed by atoms with Gasteiger partial charge in [0, 0.05) is 5.92 Å². The third-order valence-corrected chi connectivity index (χ3v) is 6.75. The van der Waals surface area contributed by atoms with Gasteiger partial charge in [-0.05, 0) is 30.2 Å². The first-order valence-corrected chi connectivity index (χ1v) is 13.3. The number of fused-ring (bicyclic) bond motifs is 1. The van der Waals surface area contributed by atoms with Gasteiger partial charge in [0.15, 0.2) is 17.4 Å². The standard InChI is InChI=1S/C29H32N6O6/c1-16(2)23-21(36)22(37)27(40-23)34-15-30-20-24(34)31-28(32-25(38)17(3)4)33-26(20)41-29(39)35(18-11-7-5-8-12-18)19-13-9-6-10-14-19/h5-17,21-23,27,36-37H,1-4H3,(H,31,32,33,38)/t21-,22?,23-,27-/m1/s1. The molecule has 2 aromatic heterocycles. The van der Waals surface area contributed by atoms with Gasteiger partial charge in [0.1, 0.15) is 12.2 Å². The summed E-state index contributed by atoms with van der Waals surface area (Å²) in [6, 6.07) is 17.9. The number of ether oxygens (including phenoxy) is 2. The number of hydrogen-bond acceptors (Lipinski definition) is 9. The van der Waals surface area contributed by atoms with E-state index in [2.05, 4.69) is 20.3 Å². The van der Waals surface area contributed by atoms with Gasteiger partial charge in [-0.25, -0.2) is 14.7 Å². The molecule has 1 unspecified atom stereocenters. The van der Waals surface area contributed by atoms with Crippen LogP contribution in [0.3, 0.4) is 0 Å². The average Bonchev–Trinajstić information content (AvgIpc) is 3.50. The molecule has 1 saturated heterocycles. The first kappa shape index (κ1) is 28.1. The van der Waals surface area contributed by atoms with Crippen molar-refractivity contribution in [2.45, 2.75) is 52.2 Å². The number of imidazole rings is 1. The molecule has 2 aromatic carbocycles. The van der Waals surface area contributed by atoms with E-state index in [4.69, 9.17) is 9.47 Å². The summed E-state index contributed by atoms with van der Waals surface area (Å²) in [6.07, 6.45) is -3.48. The Labute approximate surface area is 236 Å². The predicted molar refractivity (Wildman–Crippen MR) is 151 cm³/mol. The normalized spacial score (nSPS) is 20.5. The molecule has 0 spiro atoms. The van der Waals surface area contributed by atoms with Crippen molar-refractivity contribution in [1.82, 2.24) is 19.5 Å². The maximum absolute atomic E-state index is 13.7. The number of benzene rings is 2. The molecular formula is C29H32N6O6. The van der Waals surface area contributed by atoms with Crippen LogP contribution in [0.2, 0.25) is 0 Å². The van der Waals surface area contributed by atoms with Crippen molar-refractivity contribution in [3.05, 3.63) is 67.0 Å². The van der Waals surface area contributed by atoms with E-state index in [9.17, 15) is 19.8 Å². The van der Waals surface area contributed by atoms with E-state index in [0.29, 0.717) is 11.4 Å². The van der Waals surface area contributed by atoms with E-state index in [-0.39, 0.29) is 40.7 Å². The Hall–Kier alpha value is -4.39. The monoisotopic (exact) mass is 560 g/mol. The Balaban J connectivity index is 1.57. The van der Waals surface area contributed by atoms with Crippen LogP contribution in [0.5, 0.6) is 5.88 Å². The van der Waals surface area contributed by atoms with Gasteiger partial charge in [-0.1, -0.05) is 64.1 Å². The van der Waals surface area contributed by atoms with E-state index in [0.717, 1.165) is 0 Å². The maximum Gasteiger partial charge on any atom is 0.425 e. The molecule has 0 aliphatic carbocycles. The molecule has 1 aliphatic rings. The molecule has 0 saturated carbocycles. The fraction of sp³-hybridized carbons (Fsp3) is 0.345. The smallest absolute Gasteiger partial charge is 0.388 e. The van der Waals surface area contributed by atoms with E-state index >= 15 is 0 Å². The first-order chi connectivity index (χ1) is 19.7. The number of para-hydroxylation sites is 2. The predicted octanol–water partition coefficient (Wildman–Crippen LogP) is 4.03. The summed E-state index contributed by atoms with van der Waals surface area (Å²) in [7, 11) is 0. The fourth-order valence-corrected chi connectivity index (χ4v) is 4.57. The number of carbonyl (C=O) groups excluding carboxylic acids is 2. The topological polar surface area (TPSA) is 152 Å². The Morgan fingerprint density at radius 1 is 0.951 bits per heavy atom. The summed E-state index contributed by atoms with van der Waals surface area (Å²) in [4.78, 5) is 40.7. The van der Waals surface area contributed by atoms with Gasteiger partial charge in [-0.3, -0.25) is 14.7 Å². The van der Waals surface area contributed by atoms with Crippen LogP contribution in [0.1, 0.15) is 33.9 Å². The summed E-state index contributed by atoms with van der Waals surface area (Å²) < 4.78 is 13.2. The van der Waals surface area contributed by atoms with Crippen molar-refractivity contribution in [2.75, 3.05) is 10.2 Å². The van der Waals surface area contributed by atoms with E-state index in [1.807, 2.05) is 26.0 Å². The van der Waals surface area contributed by atoms with Crippen LogP contribution < -0.4 is 15.0 Å². The van der Waals surface area contributed by atoms with Crippen molar-refractivity contribution in [1.29, 1.82) is 0 Å². The van der Waals surface area contributed by atoms with E-state index < -0.39 is 30.6 Å². The van der Waals surface area contributed by atoms with Crippen LogP contribution in [0.25, 0.3) is 11.2 Å². The lowest BCUT2D eigenvalue weighted by atomic mass is 10.0. The van der Waals surface area contributed by atoms with Crippen molar-refractivity contribution < 1.29 is 29.3 Å². The number of aliphatic hydroxyl groups excluding tert-OH is 2. The summed E-state index contributed by atoms with van der Waals surface area (Å²) in [5.41, 5.74) is 1.35. The van der Waals surface area contributed by atoms with Crippen molar-refractivity contribution >= 4 is 40.5 Å². The SMILES string of the molecule is CC(C)C(=O)Nc1nc(OC(=O)N(c2ccccc2)c2ccccc2)c2ncn([C@@H]3O[C@H](C(C)C)[C@H](O)C3O)c2n1. The number of carbonyl (C=O) groups is 2. The zero-order valence-corrected chi connectivity index (χ0v) is 23.1. The number of rotatable bonds is 7. The van der Waals surface area contributed by atoms with Crippen LogP contribution >= 0.6 is 0 Å². The molecule has 12 nitrogen and oxygen atoms in total. The highest BCUT2D eigenvalue weighted by molar-refractivity contribution is 5.98. The van der Waals surface area contributed by atoms with Gasteiger partial charge >= 0.3 is 6.09 Å². The molecule has 3 heterocycles. The lowest BCUT2D eigenvalue weighted by molar-refractivity contribution is -0.118. The number of hydrogen-bond donors (Lipinski definition) is 3. The third kappa shape index (κ3) is 5.62. The fourth-order valence-electron chi connectivity index (χ4n) is 4.57. The number of amides is 2. The van der Waals surface area contributed by atoms with Crippen molar-refractivity contribution in [3.63, 3.8) is 0 Å². The first-order valence-electron chi connectivity index (χ1n) is 13.3. The Morgan fingerprint density at radius 2 is 1.56 bits per heavy atom. The lowest BCUT2D eigenvalue weighted by Gasteiger charge is -2.22. The largest absolute Gasteiger partial charge is 0.425 e. The van der Waals surface area contributed by atoms with Gasteiger partial charge in [0.2, 0.25) is 11.9 Å². The second-order valence-corrected chi connectivity index (χ2v) is 10.4. The van der Waals surface area contributed by atoms with Crippen LogP contribution in [-0.4, -0.2) is 60.0 Å². The highest BCUT2D eigenvalue weighted by Gasteiger charge is 2.45.